The molecule has 1 heterocycles. The van der Waals surface area contributed by atoms with E-state index in [4.69, 9.17) is 16.3 Å². The van der Waals surface area contributed by atoms with Gasteiger partial charge in [-0.05, 0) is 43.6 Å². The Morgan fingerprint density at radius 1 is 1.43 bits per heavy atom. The molecule has 1 aromatic rings. The third-order valence-electron chi connectivity index (χ3n) is 3.94. The number of carbonyl (C=O) groups is 2. The zero-order valence-electron chi connectivity index (χ0n) is 13.7. The Kier molecular flexibility index (Phi) is 6.90. The normalized spacial score (nSPS) is 16.7. The standard InChI is InChI=1S/C17H24ClNO3S/c1-3-9-22-17(21)15-12-7-6-11(2)10-13(12)23-16(15)19-14(20)5-4-8-18/h11H,3-10H2,1-2H3,(H,19,20)/t11-/m1/s1. The maximum Gasteiger partial charge on any atom is 0.341 e. The Hall–Kier alpha value is -1.07. The lowest BCUT2D eigenvalue weighted by Crippen LogP contribution is -2.16. The van der Waals surface area contributed by atoms with Crippen LogP contribution in [0.15, 0.2) is 0 Å². The molecule has 0 saturated carbocycles. The van der Waals surface area contributed by atoms with Crippen molar-refractivity contribution in [1.29, 1.82) is 0 Å². The molecule has 23 heavy (non-hydrogen) atoms. The number of carbonyl (C=O) groups excluding carboxylic acids is 2. The van der Waals surface area contributed by atoms with Gasteiger partial charge in [0, 0.05) is 17.2 Å². The number of hydrogen-bond acceptors (Lipinski definition) is 4. The first-order chi connectivity index (χ1) is 11.1. The molecule has 1 aliphatic rings. The van der Waals surface area contributed by atoms with Gasteiger partial charge in [-0.3, -0.25) is 4.79 Å². The molecule has 0 unspecified atom stereocenters. The van der Waals surface area contributed by atoms with Crippen LogP contribution in [0.1, 0.15) is 60.3 Å². The van der Waals surface area contributed by atoms with Crippen LogP contribution in [0, 0.1) is 5.92 Å². The Balaban J connectivity index is 2.25. The Bertz CT molecular complexity index is 570. The van der Waals surface area contributed by atoms with Gasteiger partial charge in [-0.25, -0.2) is 4.79 Å². The van der Waals surface area contributed by atoms with Crippen molar-refractivity contribution in [3.05, 3.63) is 16.0 Å². The van der Waals surface area contributed by atoms with Crippen LogP contribution in [0.5, 0.6) is 0 Å². The molecule has 1 aromatic heterocycles. The highest BCUT2D eigenvalue weighted by atomic mass is 35.5. The topological polar surface area (TPSA) is 55.4 Å². The SMILES string of the molecule is CCCOC(=O)c1c(NC(=O)CCCCl)sc2c1CC[C@@H](C)C2. The van der Waals surface area contributed by atoms with Gasteiger partial charge in [0.1, 0.15) is 5.00 Å². The summed E-state index contributed by atoms with van der Waals surface area (Å²) in [4.78, 5) is 25.7. The molecule has 1 N–H and O–H groups in total. The van der Waals surface area contributed by atoms with Crippen LogP contribution in [-0.4, -0.2) is 24.4 Å². The number of hydrogen-bond donors (Lipinski definition) is 1. The number of nitrogens with one attached hydrogen (secondary N) is 1. The number of halogens is 1. The third-order valence-corrected chi connectivity index (χ3v) is 5.38. The Morgan fingerprint density at radius 2 is 2.22 bits per heavy atom. The van der Waals surface area contributed by atoms with Gasteiger partial charge >= 0.3 is 5.97 Å². The van der Waals surface area contributed by atoms with E-state index in [1.807, 2.05) is 6.92 Å². The van der Waals surface area contributed by atoms with Gasteiger partial charge in [0.2, 0.25) is 5.91 Å². The maximum absolute atomic E-state index is 12.4. The summed E-state index contributed by atoms with van der Waals surface area (Å²) in [5, 5.41) is 3.54. The van der Waals surface area contributed by atoms with E-state index < -0.39 is 0 Å². The van der Waals surface area contributed by atoms with Gasteiger partial charge in [0.15, 0.2) is 0 Å². The molecular weight excluding hydrogens is 334 g/mol. The Labute approximate surface area is 146 Å². The summed E-state index contributed by atoms with van der Waals surface area (Å²) in [6.07, 6.45) is 4.69. The number of anilines is 1. The molecule has 0 fully saturated rings. The van der Waals surface area contributed by atoms with Crippen molar-refractivity contribution in [1.82, 2.24) is 0 Å². The van der Waals surface area contributed by atoms with Gasteiger partial charge in [-0.15, -0.1) is 22.9 Å². The highest BCUT2D eigenvalue weighted by Crippen LogP contribution is 2.40. The highest BCUT2D eigenvalue weighted by molar-refractivity contribution is 7.17. The molecule has 0 bridgehead atoms. The van der Waals surface area contributed by atoms with E-state index in [9.17, 15) is 9.59 Å². The number of fused-ring (bicyclic) bond motifs is 1. The van der Waals surface area contributed by atoms with Crippen LogP contribution >= 0.6 is 22.9 Å². The minimum Gasteiger partial charge on any atom is -0.462 e. The molecule has 128 valence electrons. The quantitative estimate of drug-likeness (QED) is 0.581. The van der Waals surface area contributed by atoms with Crippen molar-refractivity contribution in [2.75, 3.05) is 17.8 Å². The largest absolute Gasteiger partial charge is 0.462 e. The summed E-state index contributed by atoms with van der Waals surface area (Å²) in [6.45, 7) is 4.59. The van der Waals surface area contributed by atoms with Crippen LogP contribution in [0.3, 0.4) is 0 Å². The van der Waals surface area contributed by atoms with Crippen molar-refractivity contribution in [3.63, 3.8) is 0 Å². The lowest BCUT2D eigenvalue weighted by Gasteiger charge is -2.18. The minimum absolute atomic E-state index is 0.0955. The molecule has 1 amide bonds. The molecule has 0 radical (unpaired) electrons. The summed E-state index contributed by atoms with van der Waals surface area (Å²) in [5.41, 5.74) is 1.64. The number of amides is 1. The summed E-state index contributed by atoms with van der Waals surface area (Å²) in [6, 6.07) is 0. The average Bonchev–Trinajstić information content (AvgIpc) is 2.87. The van der Waals surface area contributed by atoms with E-state index in [2.05, 4.69) is 12.2 Å². The molecule has 1 aliphatic carbocycles. The van der Waals surface area contributed by atoms with E-state index >= 15 is 0 Å². The second kappa shape index (κ2) is 8.69. The summed E-state index contributed by atoms with van der Waals surface area (Å²) >= 11 is 7.16. The third kappa shape index (κ3) is 4.70. The fourth-order valence-electron chi connectivity index (χ4n) is 2.74. The average molecular weight is 358 g/mol. The van der Waals surface area contributed by atoms with Gasteiger partial charge in [0.25, 0.3) is 0 Å². The second-order valence-corrected chi connectivity index (χ2v) is 7.52. The van der Waals surface area contributed by atoms with Crippen LogP contribution in [0.25, 0.3) is 0 Å². The fourth-order valence-corrected chi connectivity index (χ4v) is 4.29. The Morgan fingerprint density at radius 3 is 2.91 bits per heavy atom. The van der Waals surface area contributed by atoms with E-state index in [1.54, 1.807) is 0 Å². The van der Waals surface area contributed by atoms with Crippen molar-refractivity contribution >= 4 is 39.8 Å². The highest BCUT2D eigenvalue weighted by Gasteiger charge is 2.29. The van der Waals surface area contributed by atoms with Crippen molar-refractivity contribution in [2.45, 2.75) is 52.4 Å². The molecule has 0 aliphatic heterocycles. The lowest BCUT2D eigenvalue weighted by molar-refractivity contribution is -0.116. The number of alkyl halides is 1. The van der Waals surface area contributed by atoms with Gasteiger partial charge in [-0.2, -0.15) is 0 Å². The molecule has 0 saturated heterocycles. The van der Waals surface area contributed by atoms with Crippen LogP contribution in [0.2, 0.25) is 0 Å². The zero-order valence-corrected chi connectivity index (χ0v) is 15.3. The predicted molar refractivity (Wildman–Crippen MR) is 94.7 cm³/mol. The number of esters is 1. The van der Waals surface area contributed by atoms with Gasteiger partial charge < -0.3 is 10.1 Å². The first kappa shape index (κ1) is 18.3. The monoisotopic (exact) mass is 357 g/mol. The van der Waals surface area contributed by atoms with E-state index in [0.29, 0.717) is 41.8 Å². The predicted octanol–water partition coefficient (Wildman–Crippen LogP) is 4.40. The minimum atomic E-state index is -0.313. The van der Waals surface area contributed by atoms with E-state index in [1.165, 1.54) is 16.2 Å². The van der Waals surface area contributed by atoms with Crippen molar-refractivity contribution < 1.29 is 14.3 Å². The molecule has 6 heteroatoms. The molecule has 0 aromatic carbocycles. The summed E-state index contributed by atoms with van der Waals surface area (Å²) in [7, 11) is 0. The van der Waals surface area contributed by atoms with Gasteiger partial charge in [-0.1, -0.05) is 13.8 Å². The van der Waals surface area contributed by atoms with Crippen LogP contribution in [-0.2, 0) is 22.4 Å². The first-order valence-corrected chi connectivity index (χ1v) is 9.59. The van der Waals surface area contributed by atoms with E-state index in [-0.39, 0.29) is 11.9 Å². The lowest BCUT2D eigenvalue weighted by atomic mass is 9.88. The van der Waals surface area contributed by atoms with Crippen LogP contribution < -0.4 is 5.32 Å². The number of rotatable bonds is 7. The maximum atomic E-state index is 12.4. The van der Waals surface area contributed by atoms with Crippen molar-refractivity contribution in [3.8, 4) is 0 Å². The zero-order chi connectivity index (χ0) is 16.8. The smallest absolute Gasteiger partial charge is 0.341 e. The second-order valence-electron chi connectivity index (χ2n) is 6.03. The van der Waals surface area contributed by atoms with Crippen molar-refractivity contribution in [2.24, 2.45) is 5.92 Å². The number of ether oxygens (including phenoxy) is 1. The van der Waals surface area contributed by atoms with Gasteiger partial charge in [0.05, 0.1) is 12.2 Å². The fraction of sp³-hybridized carbons (Fsp3) is 0.647. The summed E-state index contributed by atoms with van der Waals surface area (Å²) in [5.74, 6) is 0.658. The molecule has 4 nitrogen and oxygen atoms in total. The first-order valence-electron chi connectivity index (χ1n) is 8.24. The number of thiophene rings is 1. The molecular formula is C17H24ClNO3S. The van der Waals surface area contributed by atoms with Crippen LogP contribution in [0.4, 0.5) is 5.00 Å². The molecule has 1 atom stereocenters. The molecule has 2 rings (SSSR count). The van der Waals surface area contributed by atoms with E-state index in [0.717, 1.165) is 31.2 Å². The molecule has 0 spiro atoms. The summed E-state index contributed by atoms with van der Waals surface area (Å²) < 4.78 is 5.33.